The third-order valence-electron chi connectivity index (χ3n) is 2.84. The smallest absolute Gasteiger partial charge is 0.0785 e. The maximum atomic E-state index is 5.17. The van der Waals surface area contributed by atoms with Crippen molar-refractivity contribution in [2.24, 2.45) is 4.99 Å². The summed E-state index contributed by atoms with van der Waals surface area (Å²) in [6.07, 6.45) is 0. The number of hydrogen-bond donors (Lipinski definition) is 0. The maximum absolute atomic E-state index is 5.17. The van der Waals surface area contributed by atoms with Crippen LogP contribution in [0.4, 0.5) is 5.69 Å². The average Bonchev–Trinajstić information content (AvgIpc) is 2.47. The molecule has 2 rings (SSSR count). The topological polar surface area (TPSA) is 21.6 Å². The molecule has 0 aliphatic carbocycles. The van der Waals surface area contributed by atoms with Crippen molar-refractivity contribution >= 4 is 17.1 Å². The van der Waals surface area contributed by atoms with Gasteiger partial charge in [-0.15, -0.1) is 0 Å². The highest BCUT2D eigenvalue weighted by atomic mass is 16.5. The molecule has 0 aromatic heterocycles. The van der Waals surface area contributed by atoms with Gasteiger partial charge in [-0.25, -0.2) is 4.99 Å². The Hall–Kier alpha value is -2.15. The Morgan fingerprint density at radius 1 is 1.05 bits per heavy atom. The lowest BCUT2D eigenvalue weighted by atomic mass is 10.1. The lowest BCUT2D eigenvalue weighted by molar-refractivity contribution is 0.185. The molecule has 0 radical (unpaired) electrons. The van der Waals surface area contributed by atoms with E-state index in [1.54, 1.807) is 7.11 Å². The summed E-state index contributed by atoms with van der Waals surface area (Å²) in [5, 5.41) is 0. The van der Waals surface area contributed by atoms with Crippen LogP contribution < -0.4 is 0 Å². The molecule has 0 unspecified atom stereocenters. The molecule has 2 aromatic carbocycles. The number of nitrogens with zero attached hydrogens (tertiary/aromatic N) is 1. The highest BCUT2D eigenvalue weighted by Gasteiger charge is 1.98. The summed E-state index contributed by atoms with van der Waals surface area (Å²) in [4.78, 5) is 4.43. The minimum absolute atomic E-state index is 0.561. The number of ether oxygens (including phenoxy) is 1. The fraction of sp³-hybridized carbons (Fsp3) is 0.176. The second kappa shape index (κ2) is 6.69. The lowest BCUT2D eigenvalue weighted by Crippen LogP contribution is -1.87. The van der Waals surface area contributed by atoms with Gasteiger partial charge in [0, 0.05) is 18.2 Å². The molecule has 96 valence electrons. The number of rotatable bonds is 4. The molecular formula is C17H17NO. The molecule has 0 amide bonds. The minimum atomic E-state index is 0.561. The molecule has 0 N–H and O–H groups in total. The Kier molecular flexibility index (Phi) is 4.68. The first kappa shape index (κ1) is 13.3. The highest BCUT2D eigenvalue weighted by Crippen LogP contribution is 2.19. The van der Waals surface area contributed by atoms with Crippen molar-refractivity contribution in [1.82, 2.24) is 0 Å². The number of aliphatic imine (C=N–C) groups is 1. The van der Waals surface area contributed by atoms with E-state index in [1.807, 2.05) is 49.4 Å². The van der Waals surface area contributed by atoms with Gasteiger partial charge in [0.15, 0.2) is 0 Å². The van der Waals surface area contributed by atoms with Crippen LogP contribution in [0.2, 0.25) is 0 Å². The molecule has 0 atom stereocenters. The van der Waals surface area contributed by atoms with E-state index in [-0.39, 0.29) is 0 Å². The summed E-state index contributed by atoms with van der Waals surface area (Å²) in [5.74, 6) is 3.10. The summed E-state index contributed by atoms with van der Waals surface area (Å²) in [5.41, 5.74) is 4.13. The zero-order chi connectivity index (χ0) is 13.5. The van der Waals surface area contributed by atoms with Gasteiger partial charge in [-0.05, 0) is 24.4 Å². The van der Waals surface area contributed by atoms with Crippen molar-refractivity contribution in [2.45, 2.75) is 13.5 Å². The van der Waals surface area contributed by atoms with Gasteiger partial charge in [0.05, 0.1) is 12.3 Å². The largest absolute Gasteiger partial charge is 0.380 e. The first-order valence-electron chi connectivity index (χ1n) is 6.24. The zero-order valence-electron chi connectivity index (χ0n) is 11.3. The predicted octanol–water partition coefficient (Wildman–Crippen LogP) is 4.24. The van der Waals surface area contributed by atoms with E-state index >= 15 is 0 Å². The van der Waals surface area contributed by atoms with Crippen LogP contribution in [-0.2, 0) is 11.3 Å². The summed E-state index contributed by atoms with van der Waals surface area (Å²) in [7, 11) is 1.69. The van der Waals surface area contributed by atoms with Crippen molar-refractivity contribution in [3.63, 3.8) is 0 Å². The molecule has 0 fully saturated rings. The molecule has 0 bridgehead atoms. The Balaban J connectivity index is 2.32. The van der Waals surface area contributed by atoms with Gasteiger partial charge in [-0.2, -0.15) is 0 Å². The van der Waals surface area contributed by atoms with E-state index < -0.39 is 0 Å². The monoisotopic (exact) mass is 251 g/mol. The summed E-state index contributed by atoms with van der Waals surface area (Å²) in [6, 6.07) is 18.1. The Bertz CT molecular complexity index is 596. The molecule has 0 heterocycles. The molecule has 0 saturated carbocycles. The van der Waals surface area contributed by atoms with Crippen LogP contribution in [0.1, 0.15) is 18.1 Å². The summed E-state index contributed by atoms with van der Waals surface area (Å²) < 4.78 is 5.17. The molecule has 0 aliphatic rings. The fourth-order valence-electron chi connectivity index (χ4n) is 1.79. The molecule has 0 saturated heterocycles. The van der Waals surface area contributed by atoms with Gasteiger partial charge in [0.2, 0.25) is 0 Å². The number of para-hydroxylation sites is 1. The first-order valence-corrected chi connectivity index (χ1v) is 6.24. The average molecular weight is 251 g/mol. The Morgan fingerprint density at radius 2 is 1.74 bits per heavy atom. The SMILES string of the molecule is COCc1ccccc1N=C=C(C)c1ccccc1. The van der Waals surface area contributed by atoms with Crippen molar-refractivity contribution < 1.29 is 4.74 Å². The Morgan fingerprint density at radius 3 is 2.47 bits per heavy atom. The third kappa shape index (κ3) is 3.65. The lowest BCUT2D eigenvalue weighted by Gasteiger charge is -2.02. The fourth-order valence-corrected chi connectivity index (χ4v) is 1.79. The van der Waals surface area contributed by atoms with E-state index in [0.717, 1.165) is 22.4 Å². The van der Waals surface area contributed by atoms with Crippen molar-refractivity contribution in [3.8, 4) is 0 Å². The van der Waals surface area contributed by atoms with E-state index in [4.69, 9.17) is 4.74 Å². The van der Waals surface area contributed by atoms with E-state index in [1.165, 1.54) is 0 Å². The Labute approximate surface area is 114 Å². The van der Waals surface area contributed by atoms with Gasteiger partial charge < -0.3 is 4.74 Å². The normalized spacial score (nSPS) is 9.79. The quantitative estimate of drug-likeness (QED) is 0.745. The molecular weight excluding hydrogens is 234 g/mol. The first-order chi connectivity index (χ1) is 9.31. The third-order valence-corrected chi connectivity index (χ3v) is 2.84. The zero-order valence-corrected chi connectivity index (χ0v) is 11.3. The standard InChI is InChI=1S/C17H17NO/c1-14(15-8-4-3-5-9-15)12-18-17-11-7-6-10-16(17)13-19-2/h3-11H,13H2,1-2H3. The van der Waals surface area contributed by atoms with Gasteiger partial charge in [0.25, 0.3) is 0 Å². The second-order valence-corrected chi connectivity index (χ2v) is 4.28. The second-order valence-electron chi connectivity index (χ2n) is 4.28. The molecule has 2 aromatic rings. The number of allylic oxidation sites excluding steroid dienone is 1. The predicted molar refractivity (Wildman–Crippen MR) is 79.8 cm³/mol. The van der Waals surface area contributed by atoms with Gasteiger partial charge >= 0.3 is 0 Å². The minimum Gasteiger partial charge on any atom is -0.380 e. The van der Waals surface area contributed by atoms with Crippen LogP contribution in [0.5, 0.6) is 0 Å². The van der Waals surface area contributed by atoms with Crippen molar-refractivity contribution in [1.29, 1.82) is 0 Å². The maximum Gasteiger partial charge on any atom is 0.0785 e. The summed E-state index contributed by atoms with van der Waals surface area (Å²) in [6.45, 7) is 2.57. The molecule has 2 heteroatoms. The number of hydrogen-bond acceptors (Lipinski definition) is 2. The van der Waals surface area contributed by atoms with Crippen molar-refractivity contribution in [2.75, 3.05) is 7.11 Å². The van der Waals surface area contributed by atoms with Crippen LogP contribution in [0.25, 0.3) is 5.57 Å². The number of methoxy groups -OCH3 is 1. The molecule has 0 spiro atoms. The van der Waals surface area contributed by atoms with E-state index in [0.29, 0.717) is 6.61 Å². The molecule has 2 nitrogen and oxygen atoms in total. The van der Waals surface area contributed by atoms with Crippen molar-refractivity contribution in [3.05, 3.63) is 65.7 Å². The van der Waals surface area contributed by atoms with Crippen LogP contribution in [0.3, 0.4) is 0 Å². The molecule has 19 heavy (non-hydrogen) atoms. The van der Waals surface area contributed by atoms with E-state index in [2.05, 4.69) is 23.0 Å². The van der Waals surface area contributed by atoms with Crippen LogP contribution >= 0.6 is 0 Å². The van der Waals surface area contributed by atoms with Crippen LogP contribution in [0, 0.1) is 0 Å². The van der Waals surface area contributed by atoms with Gasteiger partial charge in [0.1, 0.15) is 0 Å². The summed E-state index contributed by atoms with van der Waals surface area (Å²) >= 11 is 0. The van der Waals surface area contributed by atoms with Crippen LogP contribution in [-0.4, -0.2) is 13.0 Å². The highest BCUT2D eigenvalue weighted by molar-refractivity contribution is 5.89. The molecule has 0 aliphatic heterocycles. The van der Waals surface area contributed by atoms with Crippen LogP contribution in [0.15, 0.2) is 59.6 Å². The van der Waals surface area contributed by atoms with Gasteiger partial charge in [-0.3, -0.25) is 0 Å². The van der Waals surface area contributed by atoms with Gasteiger partial charge in [-0.1, -0.05) is 48.5 Å². The number of benzene rings is 2. The van der Waals surface area contributed by atoms with E-state index in [9.17, 15) is 0 Å².